The SMILES string of the molecule is C=C[C@@H](C[N+](C)(C)C)OC(C)=O. The van der Waals surface area contributed by atoms with Gasteiger partial charge >= 0.3 is 5.97 Å². The standard InChI is InChI=1S/C9H18NO2/c1-6-9(12-8(2)11)7-10(3,4)5/h6,9H,1,7H2,2-5H3/q+1/t9-/m0/s1. The number of carbonyl (C=O) groups is 1. The molecule has 0 saturated heterocycles. The van der Waals surface area contributed by atoms with E-state index in [0.717, 1.165) is 11.0 Å². The summed E-state index contributed by atoms with van der Waals surface area (Å²) >= 11 is 0. The first-order chi connectivity index (χ1) is 5.35. The molecule has 0 rings (SSSR count). The van der Waals surface area contributed by atoms with Crippen molar-refractivity contribution in [2.24, 2.45) is 0 Å². The van der Waals surface area contributed by atoms with E-state index in [0.29, 0.717) is 0 Å². The summed E-state index contributed by atoms with van der Waals surface area (Å²) in [6.07, 6.45) is 1.48. The van der Waals surface area contributed by atoms with Crippen LogP contribution in [0.15, 0.2) is 12.7 Å². The van der Waals surface area contributed by atoms with Crippen molar-refractivity contribution in [2.45, 2.75) is 13.0 Å². The van der Waals surface area contributed by atoms with Gasteiger partial charge in [0.25, 0.3) is 0 Å². The Kier molecular flexibility index (Phi) is 3.96. The Morgan fingerprint density at radius 1 is 1.58 bits per heavy atom. The van der Waals surface area contributed by atoms with Crippen LogP contribution in [0.2, 0.25) is 0 Å². The maximum Gasteiger partial charge on any atom is 0.303 e. The van der Waals surface area contributed by atoms with Crippen molar-refractivity contribution in [1.82, 2.24) is 0 Å². The number of hydrogen-bond acceptors (Lipinski definition) is 2. The lowest BCUT2D eigenvalue weighted by atomic mass is 10.3. The highest BCUT2D eigenvalue weighted by atomic mass is 16.5. The number of carbonyl (C=O) groups excluding carboxylic acids is 1. The van der Waals surface area contributed by atoms with Gasteiger partial charge in [-0.25, -0.2) is 0 Å². The summed E-state index contributed by atoms with van der Waals surface area (Å²) in [5, 5.41) is 0. The summed E-state index contributed by atoms with van der Waals surface area (Å²) in [6.45, 7) is 5.77. The van der Waals surface area contributed by atoms with Gasteiger partial charge in [0.1, 0.15) is 6.54 Å². The third kappa shape index (κ3) is 5.92. The van der Waals surface area contributed by atoms with Crippen molar-refractivity contribution < 1.29 is 14.0 Å². The Labute approximate surface area is 74.2 Å². The Bertz CT molecular complexity index is 170. The molecule has 0 aliphatic heterocycles. The van der Waals surface area contributed by atoms with Gasteiger partial charge in [-0.15, -0.1) is 0 Å². The van der Waals surface area contributed by atoms with Crippen molar-refractivity contribution in [2.75, 3.05) is 27.7 Å². The molecule has 12 heavy (non-hydrogen) atoms. The summed E-state index contributed by atoms with van der Waals surface area (Å²) in [5.41, 5.74) is 0. The first-order valence-electron chi connectivity index (χ1n) is 3.95. The van der Waals surface area contributed by atoms with Gasteiger partial charge in [0, 0.05) is 6.92 Å². The fraction of sp³-hybridized carbons (Fsp3) is 0.667. The predicted octanol–water partition coefficient (Wildman–Crippen LogP) is 0.810. The molecule has 3 nitrogen and oxygen atoms in total. The third-order valence-electron chi connectivity index (χ3n) is 1.31. The Balaban J connectivity index is 4.00. The number of rotatable bonds is 4. The number of ether oxygens (including phenoxy) is 1. The topological polar surface area (TPSA) is 26.3 Å². The lowest BCUT2D eigenvalue weighted by Crippen LogP contribution is -2.42. The second-order valence-corrected chi connectivity index (χ2v) is 3.86. The number of nitrogens with zero attached hydrogens (tertiary/aromatic N) is 1. The van der Waals surface area contributed by atoms with Gasteiger partial charge in [-0.1, -0.05) is 6.58 Å². The molecule has 0 bridgehead atoms. The second-order valence-electron chi connectivity index (χ2n) is 3.86. The highest BCUT2D eigenvalue weighted by Crippen LogP contribution is 2.00. The fourth-order valence-electron chi connectivity index (χ4n) is 0.913. The molecule has 0 radical (unpaired) electrons. The number of quaternary nitrogens is 1. The monoisotopic (exact) mass is 172 g/mol. The van der Waals surface area contributed by atoms with Crippen LogP contribution in [0, 0.1) is 0 Å². The average molecular weight is 172 g/mol. The van der Waals surface area contributed by atoms with E-state index in [1.54, 1.807) is 6.08 Å². The van der Waals surface area contributed by atoms with Gasteiger partial charge in [0.05, 0.1) is 21.1 Å². The molecule has 3 heteroatoms. The second kappa shape index (κ2) is 4.26. The minimum absolute atomic E-state index is 0.178. The molecular formula is C9H18NO2+. The van der Waals surface area contributed by atoms with Crippen LogP contribution < -0.4 is 0 Å². The molecule has 0 aromatic heterocycles. The first-order valence-corrected chi connectivity index (χ1v) is 3.95. The molecule has 0 saturated carbocycles. The molecule has 0 amide bonds. The van der Waals surface area contributed by atoms with E-state index in [-0.39, 0.29) is 12.1 Å². The molecule has 0 aromatic carbocycles. The van der Waals surface area contributed by atoms with E-state index in [4.69, 9.17) is 4.74 Å². The van der Waals surface area contributed by atoms with E-state index in [1.807, 2.05) is 21.1 Å². The van der Waals surface area contributed by atoms with Crippen LogP contribution in [0.4, 0.5) is 0 Å². The summed E-state index contributed by atoms with van der Waals surface area (Å²) in [6, 6.07) is 0. The van der Waals surface area contributed by atoms with Crippen molar-refractivity contribution in [3.05, 3.63) is 12.7 Å². The summed E-state index contributed by atoms with van der Waals surface area (Å²) in [5.74, 6) is -0.256. The van der Waals surface area contributed by atoms with Gasteiger partial charge in [0.2, 0.25) is 0 Å². The Morgan fingerprint density at radius 2 is 2.08 bits per heavy atom. The Hall–Kier alpha value is -0.830. The largest absolute Gasteiger partial charge is 0.452 e. The van der Waals surface area contributed by atoms with E-state index >= 15 is 0 Å². The van der Waals surface area contributed by atoms with Crippen molar-refractivity contribution in [3.63, 3.8) is 0 Å². The highest BCUT2D eigenvalue weighted by molar-refractivity contribution is 5.66. The smallest absolute Gasteiger partial charge is 0.303 e. The van der Waals surface area contributed by atoms with E-state index < -0.39 is 0 Å². The van der Waals surface area contributed by atoms with E-state index in [1.165, 1.54) is 6.92 Å². The molecule has 0 N–H and O–H groups in total. The maximum absolute atomic E-state index is 10.6. The van der Waals surface area contributed by atoms with Crippen LogP contribution in [-0.2, 0) is 9.53 Å². The van der Waals surface area contributed by atoms with Gasteiger partial charge in [-0.3, -0.25) is 4.79 Å². The third-order valence-corrected chi connectivity index (χ3v) is 1.31. The molecule has 0 spiro atoms. The van der Waals surface area contributed by atoms with Crippen LogP contribution in [0.25, 0.3) is 0 Å². The number of likely N-dealkylation sites (N-methyl/N-ethyl adjacent to an activating group) is 1. The van der Waals surface area contributed by atoms with Crippen LogP contribution in [0.1, 0.15) is 6.92 Å². The normalized spacial score (nSPS) is 13.7. The maximum atomic E-state index is 10.6. The zero-order valence-corrected chi connectivity index (χ0v) is 8.33. The Morgan fingerprint density at radius 3 is 2.33 bits per heavy atom. The van der Waals surface area contributed by atoms with Crippen LogP contribution in [0.5, 0.6) is 0 Å². The molecule has 1 atom stereocenters. The average Bonchev–Trinajstić information content (AvgIpc) is 1.82. The number of hydrogen-bond donors (Lipinski definition) is 0. The molecule has 0 fully saturated rings. The van der Waals surface area contributed by atoms with Crippen LogP contribution in [-0.4, -0.2) is 44.2 Å². The minimum atomic E-state index is -0.256. The molecule has 0 unspecified atom stereocenters. The van der Waals surface area contributed by atoms with Gasteiger partial charge in [-0.05, 0) is 6.08 Å². The van der Waals surface area contributed by atoms with Crippen molar-refractivity contribution in [1.29, 1.82) is 0 Å². The summed E-state index contributed by atoms with van der Waals surface area (Å²) in [4.78, 5) is 10.6. The zero-order valence-electron chi connectivity index (χ0n) is 8.33. The lowest BCUT2D eigenvalue weighted by molar-refractivity contribution is -0.872. The van der Waals surface area contributed by atoms with Gasteiger partial charge in [-0.2, -0.15) is 0 Å². The fourth-order valence-corrected chi connectivity index (χ4v) is 0.913. The van der Waals surface area contributed by atoms with Crippen LogP contribution >= 0.6 is 0 Å². The van der Waals surface area contributed by atoms with Gasteiger partial charge in [0.15, 0.2) is 6.10 Å². The molecule has 70 valence electrons. The molecule has 0 aliphatic rings. The molecule has 0 heterocycles. The summed E-state index contributed by atoms with van der Waals surface area (Å²) < 4.78 is 5.76. The lowest BCUT2D eigenvalue weighted by Gasteiger charge is -2.27. The molecule has 0 aromatic rings. The number of esters is 1. The van der Waals surface area contributed by atoms with Crippen molar-refractivity contribution >= 4 is 5.97 Å². The molecular weight excluding hydrogens is 154 g/mol. The summed E-state index contributed by atoms with van der Waals surface area (Å²) in [7, 11) is 6.12. The van der Waals surface area contributed by atoms with Gasteiger partial charge < -0.3 is 9.22 Å². The molecule has 0 aliphatic carbocycles. The minimum Gasteiger partial charge on any atom is -0.452 e. The van der Waals surface area contributed by atoms with Crippen LogP contribution in [0.3, 0.4) is 0 Å². The first kappa shape index (κ1) is 11.2. The zero-order chi connectivity index (χ0) is 9.78. The predicted molar refractivity (Wildman–Crippen MR) is 48.7 cm³/mol. The quantitative estimate of drug-likeness (QED) is 0.356. The van der Waals surface area contributed by atoms with E-state index in [2.05, 4.69) is 6.58 Å². The highest BCUT2D eigenvalue weighted by Gasteiger charge is 2.16. The van der Waals surface area contributed by atoms with E-state index in [9.17, 15) is 4.79 Å². The van der Waals surface area contributed by atoms with Crippen molar-refractivity contribution in [3.8, 4) is 0 Å².